The fourth-order valence-corrected chi connectivity index (χ4v) is 2.56. The second kappa shape index (κ2) is 7.57. The largest absolute Gasteiger partial charge is 0.496 e. The molecule has 3 heteroatoms. The van der Waals surface area contributed by atoms with Crippen molar-refractivity contribution in [2.75, 3.05) is 7.11 Å². The molecule has 0 radical (unpaired) electrons. The van der Waals surface area contributed by atoms with E-state index in [1.807, 2.05) is 18.2 Å². The van der Waals surface area contributed by atoms with Crippen LogP contribution in [-0.2, 0) is 0 Å². The minimum atomic E-state index is 0.114. The second-order valence-corrected chi connectivity index (χ2v) is 5.40. The normalized spacial score (nSPS) is 10.7. The molecule has 0 aliphatic heterocycles. The van der Waals surface area contributed by atoms with Crippen molar-refractivity contribution in [1.82, 2.24) is 0 Å². The molecule has 0 saturated heterocycles. The highest BCUT2D eigenvalue weighted by Gasteiger charge is 2.21. The lowest BCUT2D eigenvalue weighted by atomic mass is 9.89. The van der Waals surface area contributed by atoms with Gasteiger partial charge in [0.05, 0.1) is 12.7 Å². The number of rotatable bonds is 7. The lowest BCUT2D eigenvalue weighted by Gasteiger charge is -2.16. The number of hydrogen-bond donors (Lipinski definition) is 0. The number of benzene rings is 1. The van der Waals surface area contributed by atoms with Crippen molar-refractivity contribution in [2.45, 2.75) is 39.5 Å². The molecule has 18 heavy (non-hydrogen) atoms. The lowest BCUT2D eigenvalue weighted by molar-refractivity contribution is 0.0901. The third-order valence-corrected chi connectivity index (χ3v) is 3.57. The van der Waals surface area contributed by atoms with E-state index in [-0.39, 0.29) is 11.7 Å². The van der Waals surface area contributed by atoms with Crippen LogP contribution in [0.4, 0.5) is 0 Å². The third-order valence-electron chi connectivity index (χ3n) is 3.07. The van der Waals surface area contributed by atoms with Gasteiger partial charge in [-0.2, -0.15) is 0 Å². The Balaban J connectivity index is 3.02. The summed E-state index contributed by atoms with van der Waals surface area (Å²) < 4.78 is 6.20. The van der Waals surface area contributed by atoms with Crippen LogP contribution >= 0.6 is 15.9 Å². The molecule has 0 atom stereocenters. The van der Waals surface area contributed by atoms with Crippen molar-refractivity contribution in [3.05, 3.63) is 28.2 Å². The predicted molar refractivity (Wildman–Crippen MR) is 78.3 cm³/mol. The molecule has 0 amide bonds. The molecule has 2 nitrogen and oxygen atoms in total. The number of ether oxygens (including phenoxy) is 1. The van der Waals surface area contributed by atoms with E-state index in [0.29, 0.717) is 11.3 Å². The van der Waals surface area contributed by atoms with Gasteiger partial charge in [0.1, 0.15) is 5.75 Å². The van der Waals surface area contributed by atoms with E-state index in [2.05, 4.69) is 29.8 Å². The Morgan fingerprint density at radius 1 is 1.28 bits per heavy atom. The molecule has 0 aromatic heterocycles. The van der Waals surface area contributed by atoms with E-state index in [4.69, 9.17) is 4.74 Å². The smallest absolute Gasteiger partial charge is 0.169 e. The van der Waals surface area contributed by atoms with Gasteiger partial charge in [-0.15, -0.1) is 0 Å². The van der Waals surface area contributed by atoms with Gasteiger partial charge in [-0.05, 0) is 31.0 Å². The summed E-state index contributed by atoms with van der Waals surface area (Å²) in [6.07, 6.45) is 3.96. The zero-order valence-corrected chi connectivity index (χ0v) is 12.9. The maximum Gasteiger partial charge on any atom is 0.169 e. The van der Waals surface area contributed by atoms with E-state index < -0.39 is 0 Å². The molecule has 1 aromatic carbocycles. The molecule has 0 aliphatic rings. The van der Waals surface area contributed by atoms with Crippen LogP contribution in [0.5, 0.6) is 5.75 Å². The molecule has 0 spiro atoms. The Morgan fingerprint density at radius 2 is 1.89 bits per heavy atom. The quantitative estimate of drug-likeness (QED) is 0.672. The molecule has 1 aromatic rings. The predicted octanol–water partition coefficient (Wildman–Crippen LogP) is 4.86. The minimum Gasteiger partial charge on any atom is -0.496 e. The van der Waals surface area contributed by atoms with E-state index in [0.717, 1.165) is 30.2 Å². The van der Waals surface area contributed by atoms with Crippen LogP contribution in [0.15, 0.2) is 22.7 Å². The molecule has 0 saturated carbocycles. The minimum absolute atomic E-state index is 0.114. The van der Waals surface area contributed by atoms with Crippen LogP contribution in [0.2, 0.25) is 0 Å². The molecule has 0 heterocycles. The Kier molecular flexibility index (Phi) is 6.41. The van der Waals surface area contributed by atoms with Crippen LogP contribution in [0, 0.1) is 5.92 Å². The van der Waals surface area contributed by atoms with E-state index >= 15 is 0 Å². The van der Waals surface area contributed by atoms with Gasteiger partial charge in [-0.1, -0.05) is 42.6 Å². The number of Topliss-reactive ketones (excluding diaryl/α,β-unsaturated/α-hetero) is 1. The number of halogens is 1. The average molecular weight is 313 g/mol. The summed E-state index contributed by atoms with van der Waals surface area (Å²) in [6.45, 7) is 4.24. The first kappa shape index (κ1) is 15.2. The summed E-state index contributed by atoms with van der Waals surface area (Å²) in [4.78, 5) is 12.6. The fourth-order valence-electron chi connectivity index (χ4n) is 2.20. The van der Waals surface area contributed by atoms with Crippen LogP contribution in [0.25, 0.3) is 0 Å². The van der Waals surface area contributed by atoms with Gasteiger partial charge in [-0.3, -0.25) is 4.79 Å². The first-order chi connectivity index (χ1) is 8.63. The molecule has 100 valence electrons. The summed E-state index contributed by atoms with van der Waals surface area (Å²) in [5.41, 5.74) is 0.693. The summed E-state index contributed by atoms with van der Waals surface area (Å²) in [7, 11) is 1.61. The van der Waals surface area contributed by atoms with Crippen molar-refractivity contribution >= 4 is 21.7 Å². The number of carbonyl (C=O) groups excluding carboxylic acids is 1. The zero-order valence-electron chi connectivity index (χ0n) is 11.3. The van der Waals surface area contributed by atoms with E-state index in [1.165, 1.54) is 0 Å². The number of ketones is 1. The summed E-state index contributed by atoms with van der Waals surface area (Å²) in [5, 5.41) is 0. The van der Waals surface area contributed by atoms with Crippen molar-refractivity contribution in [2.24, 2.45) is 5.92 Å². The Morgan fingerprint density at radius 3 is 2.39 bits per heavy atom. The molecule has 0 N–H and O–H groups in total. The maximum absolute atomic E-state index is 12.6. The van der Waals surface area contributed by atoms with Crippen LogP contribution < -0.4 is 4.74 Å². The Labute approximate surface area is 118 Å². The van der Waals surface area contributed by atoms with Crippen molar-refractivity contribution in [3.63, 3.8) is 0 Å². The Bertz CT molecular complexity index is 395. The molecule has 0 aliphatic carbocycles. The van der Waals surface area contributed by atoms with Gasteiger partial charge in [0.25, 0.3) is 0 Å². The first-order valence-electron chi connectivity index (χ1n) is 6.51. The van der Waals surface area contributed by atoms with Crippen LogP contribution in [-0.4, -0.2) is 12.9 Å². The van der Waals surface area contributed by atoms with Crippen LogP contribution in [0.3, 0.4) is 0 Å². The van der Waals surface area contributed by atoms with Gasteiger partial charge >= 0.3 is 0 Å². The van der Waals surface area contributed by atoms with Gasteiger partial charge in [0.15, 0.2) is 5.78 Å². The van der Waals surface area contributed by atoms with Gasteiger partial charge < -0.3 is 4.74 Å². The van der Waals surface area contributed by atoms with Gasteiger partial charge in [-0.25, -0.2) is 0 Å². The topological polar surface area (TPSA) is 26.3 Å². The lowest BCUT2D eigenvalue weighted by Crippen LogP contribution is -2.15. The number of carbonyl (C=O) groups is 1. The maximum atomic E-state index is 12.6. The SMILES string of the molecule is CCCC(CCC)C(=O)c1cc(Br)ccc1OC. The fraction of sp³-hybridized carbons (Fsp3) is 0.533. The highest BCUT2D eigenvalue weighted by atomic mass is 79.9. The van der Waals surface area contributed by atoms with Crippen LogP contribution in [0.1, 0.15) is 49.9 Å². The third kappa shape index (κ3) is 3.84. The van der Waals surface area contributed by atoms with Crippen molar-refractivity contribution in [1.29, 1.82) is 0 Å². The number of hydrogen-bond acceptors (Lipinski definition) is 2. The summed E-state index contributed by atoms with van der Waals surface area (Å²) >= 11 is 3.41. The van der Waals surface area contributed by atoms with Gasteiger partial charge in [0, 0.05) is 10.4 Å². The first-order valence-corrected chi connectivity index (χ1v) is 7.31. The van der Waals surface area contributed by atoms with E-state index in [1.54, 1.807) is 7.11 Å². The molecular formula is C15H21BrO2. The highest BCUT2D eigenvalue weighted by molar-refractivity contribution is 9.10. The Hall–Kier alpha value is -0.830. The zero-order chi connectivity index (χ0) is 13.5. The monoisotopic (exact) mass is 312 g/mol. The summed E-state index contributed by atoms with van der Waals surface area (Å²) in [5.74, 6) is 0.987. The number of methoxy groups -OCH3 is 1. The highest BCUT2D eigenvalue weighted by Crippen LogP contribution is 2.28. The second-order valence-electron chi connectivity index (χ2n) is 4.48. The molecule has 0 unspecified atom stereocenters. The van der Waals surface area contributed by atoms with E-state index in [9.17, 15) is 4.79 Å². The van der Waals surface area contributed by atoms with Crippen molar-refractivity contribution in [3.8, 4) is 5.75 Å². The molecule has 0 fully saturated rings. The van der Waals surface area contributed by atoms with Crippen molar-refractivity contribution < 1.29 is 9.53 Å². The molecule has 0 bridgehead atoms. The summed E-state index contributed by atoms with van der Waals surface area (Å²) in [6, 6.07) is 5.59. The molecular weight excluding hydrogens is 292 g/mol. The standard InChI is InChI=1S/C15H21BrO2/c1-4-6-11(7-5-2)15(17)13-10-12(16)8-9-14(13)18-3/h8-11H,4-7H2,1-3H3. The van der Waals surface area contributed by atoms with Gasteiger partial charge in [0.2, 0.25) is 0 Å². The molecule has 1 rings (SSSR count). The average Bonchev–Trinajstić information content (AvgIpc) is 2.37.